The summed E-state index contributed by atoms with van der Waals surface area (Å²) in [6.07, 6.45) is -0.515. The number of likely N-dealkylation sites (tertiary alicyclic amines) is 1. The Kier molecular flexibility index (Phi) is 6.16. The van der Waals surface area contributed by atoms with Gasteiger partial charge in [-0.2, -0.15) is 13.2 Å². The van der Waals surface area contributed by atoms with Crippen LogP contribution < -0.4 is 4.72 Å². The molecule has 1 heterocycles. The predicted octanol–water partition coefficient (Wildman–Crippen LogP) is 4.52. The molecule has 0 aliphatic carbocycles. The van der Waals surface area contributed by atoms with Crippen molar-refractivity contribution < 1.29 is 26.4 Å². The molecule has 1 fully saturated rings. The van der Waals surface area contributed by atoms with Crippen molar-refractivity contribution in [1.29, 1.82) is 0 Å². The lowest BCUT2D eigenvalue weighted by Crippen LogP contribution is -2.31. The molecule has 1 amide bonds. The first-order chi connectivity index (χ1) is 13.7. The third-order valence-corrected chi connectivity index (χ3v) is 6.14. The van der Waals surface area contributed by atoms with Crippen LogP contribution in [0.4, 0.5) is 18.9 Å². The van der Waals surface area contributed by atoms with Gasteiger partial charge in [-0.3, -0.25) is 9.52 Å². The number of benzene rings is 2. The molecule has 3 rings (SSSR count). The average Bonchev–Trinajstić information content (AvgIpc) is 2.96. The van der Waals surface area contributed by atoms with Gasteiger partial charge >= 0.3 is 6.18 Å². The van der Waals surface area contributed by atoms with Gasteiger partial charge in [-0.25, -0.2) is 8.42 Å². The second kappa shape index (κ2) is 8.44. The van der Waals surface area contributed by atoms with Gasteiger partial charge in [0.25, 0.3) is 15.9 Å². The molecule has 1 N–H and O–H groups in total. The van der Waals surface area contributed by atoms with Crippen LogP contribution in [0.5, 0.6) is 0 Å². The Morgan fingerprint density at radius 3 is 2.14 bits per heavy atom. The van der Waals surface area contributed by atoms with Gasteiger partial charge in [0, 0.05) is 24.3 Å². The first-order valence-electron chi connectivity index (χ1n) is 9.26. The van der Waals surface area contributed by atoms with Gasteiger partial charge in [-0.1, -0.05) is 18.9 Å². The van der Waals surface area contributed by atoms with Crippen molar-refractivity contribution in [2.75, 3.05) is 17.8 Å². The number of halogens is 3. The van der Waals surface area contributed by atoms with E-state index in [-0.39, 0.29) is 16.5 Å². The van der Waals surface area contributed by atoms with E-state index in [2.05, 4.69) is 4.72 Å². The number of rotatable bonds is 4. The first kappa shape index (κ1) is 21.2. The van der Waals surface area contributed by atoms with Crippen LogP contribution in [0.3, 0.4) is 0 Å². The van der Waals surface area contributed by atoms with E-state index in [9.17, 15) is 26.4 Å². The molecule has 0 atom stereocenters. The SMILES string of the molecule is O=C(c1ccc(S(=O)(=O)Nc2cccc(C(F)(F)F)c2)cc1)N1CCCCCC1. The molecule has 9 heteroatoms. The minimum Gasteiger partial charge on any atom is -0.339 e. The summed E-state index contributed by atoms with van der Waals surface area (Å²) in [5, 5.41) is 0. The second-order valence-electron chi connectivity index (χ2n) is 6.91. The summed E-state index contributed by atoms with van der Waals surface area (Å²) in [7, 11) is -4.09. The number of nitrogens with zero attached hydrogens (tertiary/aromatic N) is 1. The van der Waals surface area contributed by atoms with E-state index in [1.54, 1.807) is 4.90 Å². The summed E-state index contributed by atoms with van der Waals surface area (Å²) in [5.74, 6) is -0.151. The van der Waals surface area contributed by atoms with Crippen LogP contribution in [0.15, 0.2) is 53.4 Å². The predicted molar refractivity (Wildman–Crippen MR) is 103 cm³/mol. The maximum atomic E-state index is 12.8. The van der Waals surface area contributed by atoms with Gasteiger partial charge in [-0.15, -0.1) is 0 Å². The lowest BCUT2D eigenvalue weighted by molar-refractivity contribution is -0.137. The summed E-state index contributed by atoms with van der Waals surface area (Å²) in [5.41, 5.74) is -0.759. The topological polar surface area (TPSA) is 66.5 Å². The molecule has 5 nitrogen and oxygen atoms in total. The van der Waals surface area contributed by atoms with Crippen LogP contribution in [0.25, 0.3) is 0 Å². The molecule has 1 aliphatic rings. The van der Waals surface area contributed by atoms with Crippen LogP contribution in [0.1, 0.15) is 41.6 Å². The van der Waals surface area contributed by atoms with E-state index in [0.717, 1.165) is 43.9 Å². The molecule has 0 spiro atoms. The number of hydrogen-bond acceptors (Lipinski definition) is 3. The van der Waals surface area contributed by atoms with Gasteiger partial charge in [0.15, 0.2) is 0 Å². The molecule has 29 heavy (non-hydrogen) atoms. The minimum absolute atomic E-state index is 0.137. The zero-order chi connectivity index (χ0) is 21.1. The number of nitrogens with one attached hydrogen (secondary N) is 1. The molecule has 0 saturated carbocycles. The van der Waals surface area contributed by atoms with Crippen LogP contribution in [0, 0.1) is 0 Å². The van der Waals surface area contributed by atoms with Crippen LogP contribution >= 0.6 is 0 Å². The minimum atomic E-state index is -4.57. The third kappa shape index (κ3) is 5.29. The highest BCUT2D eigenvalue weighted by molar-refractivity contribution is 7.92. The van der Waals surface area contributed by atoms with Crippen molar-refractivity contribution in [3.63, 3.8) is 0 Å². The number of alkyl halides is 3. The molecule has 1 aliphatic heterocycles. The Bertz CT molecular complexity index is 965. The van der Waals surface area contributed by atoms with E-state index < -0.39 is 21.8 Å². The number of carbonyl (C=O) groups excluding carboxylic acids is 1. The number of sulfonamides is 1. The molecule has 0 aromatic heterocycles. The summed E-state index contributed by atoms with van der Waals surface area (Å²) >= 11 is 0. The Hall–Kier alpha value is -2.55. The number of carbonyl (C=O) groups is 1. The zero-order valence-corrected chi connectivity index (χ0v) is 16.4. The Labute approximate surface area is 167 Å². The average molecular weight is 426 g/mol. The fourth-order valence-corrected chi connectivity index (χ4v) is 4.26. The monoisotopic (exact) mass is 426 g/mol. The van der Waals surface area contributed by atoms with Crippen molar-refractivity contribution in [2.45, 2.75) is 36.8 Å². The van der Waals surface area contributed by atoms with Crippen LogP contribution in [-0.2, 0) is 16.2 Å². The fraction of sp³-hybridized carbons (Fsp3) is 0.350. The van der Waals surface area contributed by atoms with Crippen molar-refractivity contribution in [1.82, 2.24) is 4.90 Å². The first-order valence-corrected chi connectivity index (χ1v) is 10.7. The van der Waals surface area contributed by atoms with Gasteiger partial charge in [0.05, 0.1) is 10.5 Å². The van der Waals surface area contributed by atoms with Crippen molar-refractivity contribution in [2.24, 2.45) is 0 Å². The van der Waals surface area contributed by atoms with E-state index in [0.29, 0.717) is 18.7 Å². The Balaban J connectivity index is 1.75. The maximum absolute atomic E-state index is 12.8. The van der Waals surface area contributed by atoms with Gasteiger partial charge < -0.3 is 4.90 Å². The summed E-state index contributed by atoms with van der Waals surface area (Å²) in [6, 6.07) is 9.37. The Morgan fingerprint density at radius 2 is 1.55 bits per heavy atom. The molecule has 0 unspecified atom stereocenters. The third-order valence-electron chi connectivity index (χ3n) is 4.75. The summed E-state index contributed by atoms with van der Waals surface area (Å²) in [6.45, 7) is 1.35. The summed E-state index contributed by atoms with van der Waals surface area (Å²) < 4.78 is 65.6. The molecular weight excluding hydrogens is 405 g/mol. The van der Waals surface area contributed by atoms with Crippen LogP contribution in [-0.4, -0.2) is 32.3 Å². The molecule has 1 saturated heterocycles. The number of anilines is 1. The highest BCUT2D eigenvalue weighted by Gasteiger charge is 2.30. The molecule has 2 aromatic rings. The largest absolute Gasteiger partial charge is 0.416 e. The van der Waals surface area contributed by atoms with E-state index in [4.69, 9.17) is 0 Å². The second-order valence-corrected chi connectivity index (χ2v) is 8.60. The van der Waals surface area contributed by atoms with Gasteiger partial charge in [-0.05, 0) is 55.3 Å². The van der Waals surface area contributed by atoms with Crippen molar-refractivity contribution in [3.05, 3.63) is 59.7 Å². The van der Waals surface area contributed by atoms with Crippen LogP contribution in [0.2, 0.25) is 0 Å². The van der Waals surface area contributed by atoms with E-state index >= 15 is 0 Å². The molecule has 156 valence electrons. The van der Waals surface area contributed by atoms with Crippen molar-refractivity contribution >= 4 is 21.6 Å². The smallest absolute Gasteiger partial charge is 0.339 e. The summed E-state index contributed by atoms with van der Waals surface area (Å²) in [4.78, 5) is 14.2. The fourth-order valence-electron chi connectivity index (χ4n) is 3.21. The maximum Gasteiger partial charge on any atom is 0.416 e. The Morgan fingerprint density at radius 1 is 0.931 bits per heavy atom. The molecule has 2 aromatic carbocycles. The normalized spacial score (nSPS) is 15.6. The zero-order valence-electron chi connectivity index (χ0n) is 15.6. The lowest BCUT2D eigenvalue weighted by atomic mass is 10.2. The highest BCUT2D eigenvalue weighted by Crippen LogP contribution is 2.31. The lowest BCUT2D eigenvalue weighted by Gasteiger charge is -2.20. The molecular formula is C20H21F3N2O3S. The number of amides is 1. The standard InChI is InChI=1S/C20H21F3N2O3S/c21-20(22,23)16-6-5-7-17(14-16)24-29(27,28)18-10-8-15(9-11-18)19(26)25-12-3-1-2-4-13-25/h5-11,14,24H,1-4,12-13H2. The highest BCUT2D eigenvalue weighted by atomic mass is 32.2. The quantitative estimate of drug-likeness (QED) is 0.782. The van der Waals surface area contributed by atoms with E-state index in [1.807, 2.05) is 0 Å². The van der Waals surface area contributed by atoms with Crippen molar-refractivity contribution in [3.8, 4) is 0 Å². The van der Waals surface area contributed by atoms with Gasteiger partial charge in [0.2, 0.25) is 0 Å². The molecule has 0 radical (unpaired) electrons. The number of hydrogen-bond donors (Lipinski definition) is 1. The van der Waals surface area contributed by atoms with Gasteiger partial charge in [0.1, 0.15) is 0 Å². The van der Waals surface area contributed by atoms with E-state index in [1.165, 1.54) is 30.3 Å². The molecule has 0 bridgehead atoms.